The van der Waals surface area contributed by atoms with Crippen molar-refractivity contribution in [3.63, 3.8) is 0 Å². The highest BCUT2D eigenvalue weighted by Crippen LogP contribution is 2.34. The lowest BCUT2D eigenvalue weighted by atomic mass is 9.86. The van der Waals surface area contributed by atoms with Crippen molar-refractivity contribution in [3.8, 4) is 12.3 Å². The third-order valence-corrected chi connectivity index (χ3v) is 4.79. The summed E-state index contributed by atoms with van der Waals surface area (Å²) in [5.74, 6) is 2.79. The summed E-state index contributed by atoms with van der Waals surface area (Å²) in [6.07, 6.45) is 6.42. The van der Waals surface area contributed by atoms with E-state index < -0.39 is 0 Å². The first kappa shape index (κ1) is 16.3. The molecule has 6 heteroatoms. The van der Waals surface area contributed by atoms with Gasteiger partial charge in [0.2, 0.25) is 5.91 Å². The Morgan fingerprint density at radius 3 is 2.75 bits per heavy atom. The lowest BCUT2D eigenvalue weighted by Gasteiger charge is -2.24. The zero-order valence-electron chi connectivity index (χ0n) is 13.3. The van der Waals surface area contributed by atoms with E-state index >= 15 is 0 Å². The monoisotopic (exact) mass is 339 g/mol. The fraction of sp³-hybridized carbons (Fsp3) is 0.278. The summed E-state index contributed by atoms with van der Waals surface area (Å²) in [4.78, 5) is 31.7. The number of H-pyrrole nitrogens is 1. The fourth-order valence-corrected chi connectivity index (χ4v) is 3.34. The first-order chi connectivity index (χ1) is 11.6. The molecule has 0 spiro atoms. The number of fused-ring (bicyclic) bond motifs is 1. The molecule has 0 unspecified atom stereocenters. The lowest BCUT2D eigenvalue weighted by Crippen LogP contribution is -2.31. The molecule has 1 aliphatic heterocycles. The second-order valence-corrected chi connectivity index (χ2v) is 6.49. The van der Waals surface area contributed by atoms with Crippen molar-refractivity contribution in [1.29, 1.82) is 0 Å². The van der Waals surface area contributed by atoms with Crippen LogP contribution < -0.4 is 10.9 Å². The number of aromatic amines is 1. The van der Waals surface area contributed by atoms with Gasteiger partial charge in [0.05, 0.1) is 11.3 Å². The average Bonchev–Trinajstić information content (AvgIpc) is 2.59. The van der Waals surface area contributed by atoms with Crippen molar-refractivity contribution >= 4 is 23.5 Å². The Morgan fingerprint density at radius 2 is 2.08 bits per heavy atom. The van der Waals surface area contributed by atoms with Crippen LogP contribution in [0.5, 0.6) is 0 Å². The number of hydrogen-bond acceptors (Lipinski definition) is 4. The number of carbonyl (C=O) groups is 1. The van der Waals surface area contributed by atoms with E-state index in [1.165, 1.54) is 17.3 Å². The number of amides is 1. The fourth-order valence-electron chi connectivity index (χ4n) is 2.80. The molecule has 1 amide bonds. The average molecular weight is 339 g/mol. The zero-order valence-corrected chi connectivity index (χ0v) is 14.1. The van der Waals surface area contributed by atoms with Crippen LogP contribution in [0, 0.1) is 12.3 Å². The number of aromatic nitrogens is 2. The lowest BCUT2D eigenvalue weighted by molar-refractivity contribution is -0.116. The number of anilines is 1. The van der Waals surface area contributed by atoms with Gasteiger partial charge >= 0.3 is 0 Å². The van der Waals surface area contributed by atoms with E-state index in [4.69, 9.17) is 6.42 Å². The van der Waals surface area contributed by atoms with Gasteiger partial charge in [-0.3, -0.25) is 9.59 Å². The van der Waals surface area contributed by atoms with Gasteiger partial charge in [0.1, 0.15) is 5.82 Å². The third-order valence-electron chi connectivity index (χ3n) is 4.01. The number of aryl methyl sites for hydroxylation is 1. The molecule has 1 aromatic heterocycles. The van der Waals surface area contributed by atoms with Crippen LogP contribution >= 0.6 is 11.8 Å². The Bertz CT molecular complexity index is 865. The largest absolute Gasteiger partial charge is 0.310 e. The second-order valence-electron chi connectivity index (χ2n) is 5.53. The minimum Gasteiger partial charge on any atom is -0.310 e. The molecule has 1 atom stereocenters. The SMILES string of the molecule is C#CCSc1nc2c(c(=O)[nH]1)[C@@H](c1ccc(CC)cc1)CC(=O)N2. The molecule has 1 aliphatic rings. The van der Waals surface area contributed by atoms with Crippen LogP contribution in [0.1, 0.15) is 36.0 Å². The molecule has 5 nitrogen and oxygen atoms in total. The van der Waals surface area contributed by atoms with Gasteiger partial charge in [-0.15, -0.1) is 6.42 Å². The molecule has 0 radical (unpaired) electrons. The van der Waals surface area contributed by atoms with Gasteiger partial charge in [-0.05, 0) is 17.5 Å². The summed E-state index contributed by atoms with van der Waals surface area (Å²) >= 11 is 1.26. The van der Waals surface area contributed by atoms with E-state index in [1.807, 2.05) is 24.3 Å². The van der Waals surface area contributed by atoms with Crippen LogP contribution in [0.25, 0.3) is 0 Å². The Labute approximate surface area is 144 Å². The molecule has 0 saturated heterocycles. The van der Waals surface area contributed by atoms with Gasteiger partial charge in [0, 0.05) is 12.3 Å². The van der Waals surface area contributed by atoms with Crippen LogP contribution in [-0.2, 0) is 11.2 Å². The molecule has 0 aliphatic carbocycles. The number of thioether (sulfide) groups is 1. The molecule has 2 heterocycles. The highest BCUT2D eigenvalue weighted by molar-refractivity contribution is 7.99. The van der Waals surface area contributed by atoms with E-state index in [0.29, 0.717) is 22.3 Å². The molecule has 0 fully saturated rings. The number of nitrogens with one attached hydrogen (secondary N) is 2. The molecule has 2 aromatic rings. The van der Waals surface area contributed by atoms with Crippen LogP contribution in [-0.4, -0.2) is 21.6 Å². The first-order valence-electron chi connectivity index (χ1n) is 7.71. The maximum atomic E-state index is 12.5. The van der Waals surface area contributed by atoms with E-state index in [0.717, 1.165) is 12.0 Å². The maximum Gasteiger partial charge on any atom is 0.257 e. The van der Waals surface area contributed by atoms with Gasteiger partial charge in [-0.2, -0.15) is 0 Å². The topological polar surface area (TPSA) is 74.8 Å². The van der Waals surface area contributed by atoms with Gasteiger partial charge < -0.3 is 10.3 Å². The van der Waals surface area contributed by atoms with Crippen LogP contribution in [0.3, 0.4) is 0 Å². The number of rotatable bonds is 4. The number of hydrogen-bond donors (Lipinski definition) is 2. The molecule has 122 valence electrons. The van der Waals surface area contributed by atoms with E-state index in [9.17, 15) is 9.59 Å². The predicted octanol–water partition coefficient (Wildman–Crippen LogP) is 2.53. The normalized spacial score (nSPS) is 16.2. The summed E-state index contributed by atoms with van der Waals surface area (Å²) in [5.41, 5.74) is 2.43. The van der Waals surface area contributed by atoms with E-state index in [1.54, 1.807) is 0 Å². The molecular weight excluding hydrogens is 322 g/mol. The van der Waals surface area contributed by atoms with Crippen LogP contribution in [0.15, 0.2) is 34.2 Å². The smallest absolute Gasteiger partial charge is 0.257 e. The number of nitrogens with zero attached hydrogens (tertiary/aromatic N) is 1. The quantitative estimate of drug-likeness (QED) is 0.510. The van der Waals surface area contributed by atoms with Gasteiger partial charge in [-0.25, -0.2) is 4.98 Å². The van der Waals surface area contributed by atoms with Crippen LogP contribution in [0.2, 0.25) is 0 Å². The second kappa shape index (κ2) is 6.93. The van der Waals surface area contributed by atoms with E-state index in [-0.39, 0.29) is 23.8 Å². The van der Waals surface area contributed by atoms with Crippen molar-refractivity contribution in [2.24, 2.45) is 0 Å². The van der Waals surface area contributed by atoms with Crippen molar-refractivity contribution in [3.05, 3.63) is 51.3 Å². The summed E-state index contributed by atoms with van der Waals surface area (Å²) in [7, 11) is 0. The summed E-state index contributed by atoms with van der Waals surface area (Å²) < 4.78 is 0. The summed E-state index contributed by atoms with van der Waals surface area (Å²) in [6.45, 7) is 2.09. The molecule has 0 bridgehead atoms. The van der Waals surface area contributed by atoms with Crippen molar-refractivity contribution in [2.45, 2.75) is 30.8 Å². The Hall–Kier alpha value is -2.52. The van der Waals surface area contributed by atoms with Gasteiger partial charge in [0.15, 0.2) is 5.16 Å². The minimum atomic E-state index is -0.289. The first-order valence-corrected chi connectivity index (χ1v) is 8.70. The Kier molecular flexibility index (Phi) is 4.72. The molecular formula is C18H17N3O2S. The zero-order chi connectivity index (χ0) is 17.1. The molecule has 2 N–H and O–H groups in total. The van der Waals surface area contributed by atoms with Crippen molar-refractivity contribution in [1.82, 2.24) is 9.97 Å². The highest BCUT2D eigenvalue weighted by atomic mass is 32.2. The molecule has 3 rings (SSSR count). The van der Waals surface area contributed by atoms with E-state index in [2.05, 4.69) is 28.1 Å². The number of carbonyl (C=O) groups excluding carboxylic acids is 1. The maximum absolute atomic E-state index is 12.5. The molecule has 1 aromatic carbocycles. The highest BCUT2D eigenvalue weighted by Gasteiger charge is 2.30. The van der Waals surface area contributed by atoms with Crippen LogP contribution in [0.4, 0.5) is 5.82 Å². The number of terminal acetylenes is 1. The Morgan fingerprint density at radius 1 is 1.33 bits per heavy atom. The summed E-state index contributed by atoms with van der Waals surface area (Å²) in [6, 6.07) is 8.01. The molecule has 24 heavy (non-hydrogen) atoms. The minimum absolute atomic E-state index is 0.141. The standard InChI is InChI=1S/C18H17N3O2S/c1-3-9-24-18-20-16-15(17(23)21-18)13(10-14(22)19-16)12-7-5-11(4-2)6-8-12/h1,5-8,13H,4,9-10H2,2H3,(H2,19,20,21,22,23)/t13-/m1/s1. The summed E-state index contributed by atoms with van der Waals surface area (Å²) in [5, 5.41) is 3.12. The van der Waals surface area contributed by atoms with Crippen molar-refractivity contribution < 1.29 is 4.79 Å². The Balaban J connectivity index is 2.04. The third kappa shape index (κ3) is 3.22. The van der Waals surface area contributed by atoms with Gasteiger partial charge in [-0.1, -0.05) is 48.9 Å². The van der Waals surface area contributed by atoms with Crippen molar-refractivity contribution in [2.75, 3.05) is 11.1 Å². The predicted molar refractivity (Wildman–Crippen MR) is 95.3 cm³/mol. The number of benzene rings is 1. The van der Waals surface area contributed by atoms with Gasteiger partial charge in [0.25, 0.3) is 5.56 Å². The molecule has 0 saturated carbocycles.